The summed E-state index contributed by atoms with van der Waals surface area (Å²) in [6.45, 7) is 8.27. The van der Waals surface area contributed by atoms with Crippen LogP contribution in [0, 0.1) is 33.8 Å². The molecular weight excluding hydrogens is 570 g/mol. The van der Waals surface area contributed by atoms with Crippen LogP contribution in [0.2, 0.25) is 0 Å². The summed E-state index contributed by atoms with van der Waals surface area (Å²) in [6, 6.07) is 22.7. The van der Waals surface area contributed by atoms with Crippen LogP contribution in [0.4, 0.5) is 4.79 Å². The van der Waals surface area contributed by atoms with Crippen molar-refractivity contribution in [1.82, 2.24) is 4.90 Å². The number of rotatable bonds is 3. The van der Waals surface area contributed by atoms with Crippen LogP contribution >= 0.6 is 11.6 Å². The Morgan fingerprint density at radius 2 is 1.47 bits per heavy atom. The third-order valence-electron chi connectivity index (χ3n) is 5.84. The fraction of sp³-hybridized carbons (Fsp3) is 0.231. The van der Waals surface area contributed by atoms with Crippen LogP contribution in [0.5, 0.6) is 0 Å². The summed E-state index contributed by atoms with van der Waals surface area (Å²) in [5, 5.41) is -0.529. The van der Waals surface area contributed by atoms with Gasteiger partial charge in [0, 0.05) is 71.0 Å². The van der Waals surface area contributed by atoms with E-state index in [9.17, 15) is 4.79 Å². The van der Waals surface area contributed by atoms with Crippen LogP contribution in [-0.2, 0) is 65.4 Å². The van der Waals surface area contributed by atoms with E-state index in [1.165, 1.54) is 11.1 Å². The van der Waals surface area contributed by atoms with Crippen molar-refractivity contribution in [2.75, 3.05) is 0 Å². The largest absolute Gasteiger partial charge is 0.322 e. The van der Waals surface area contributed by atoms with Gasteiger partial charge in [-0.25, -0.2) is 0 Å². The van der Waals surface area contributed by atoms with E-state index in [4.69, 9.17) is 16.6 Å². The maximum Gasteiger partial charge on any atom is 0.322 e. The van der Waals surface area contributed by atoms with Gasteiger partial charge in [0.15, 0.2) is 0 Å². The van der Waals surface area contributed by atoms with Crippen molar-refractivity contribution in [3.8, 4) is 0 Å². The average Bonchev–Trinajstić information content (AvgIpc) is 3.12. The van der Waals surface area contributed by atoms with Crippen molar-refractivity contribution >= 4 is 22.8 Å². The number of benzene rings is 3. The summed E-state index contributed by atoms with van der Waals surface area (Å²) in [7, 11) is 0. The number of carbonyl (C=O) groups is 1. The minimum atomic E-state index is -0.529. The average molecular weight is 594 g/mol. The molecule has 0 unspecified atom stereocenters. The van der Waals surface area contributed by atoms with Gasteiger partial charge in [-0.1, -0.05) is 35.9 Å². The Bertz CT molecular complexity index is 1130. The second-order valence-electron chi connectivity index (χ2n) is 7.96. The topological polar surface area (TPSA) is 32.7 Å². The molecule has 3 nitrogen and oxygen atoms in total. The Morgan fingerprint density at radius 1 is 0.875 bits per heavy atom. The van der Waals surface area contributed by atoms with Gasteiger partial charge >= 0.3 is 5.37 Å². The molecule has 32 heavy (non-hydrogen) atoms. The minimum absolute atomic E-state index is 0. The van der Waals surface area contributed by atoms with Gasteiger partial charge in [0.05, 0.1) is 6.04 Å². The molecule has 0 saturated carbocycles. The van der Waals surface area contributed by atoms with Crippen molar-refractivity contribution in [3.63, 3.8) is 0 Å². The van der Waals surface area contributed by atoms with Gasteiger partial charge in [0.25, 0.3) is 0 Å². The first-order valence-corrected chi connectivity index (χ1v) is 10.4. The van der Waals surface area contributed by atoms with E-state index >= 15 is 0 Å². The van der Waals surface area contributed by atoms with E-state index in [0.717, 1.165) is 27.8 Å². The second-order valence-corrected chi connectivity index (χ2v) is 8.28. The first kappa shape index (κ1) is 27.5. The van der Waals surface area contributed by atoms with Crippen LogP contribution in [0.25, 0.3) is 0 Å². The van der Waals surface area contributed by atoms with E-state index in [0.29, 0.717) is 5.84 Å². The predicted octanol–water partition coefficient (Wildman–Crippen LogP) is 6.62. The quantitative estimate of drug-likeness (QED) is 0.191. The number of halogens is 1. The van der Waals surface area contributed by atoms with Gasteiger partial charge in [0.1, 0.15) is 11.9 Å². The Morgan fingerprint density at radius 3 is 2.06 bits per heavy atom. The molecule has 4 rings (SSSR count). The summed E-state index contributed by atoms with van der Waals surface area (Å²) in [5.41, 5.74) is 7.60. The van der Waals surface area contributed by atoms with Crippen molar-refractivity contribution in [1.29, 1.82) is 0 Å². The summed E-state index contributed by atoms with van der Waals surface area (Å²) in [6.07, 6.45) is 0. The Kier molecular flexibility index (Phi) is 10.0. The zero-order valence-electron chi connectivity index (χ0n) is 18.8. The molecule has 0 bridgehead atoms. The number of carbonyl (C=O) groups excluding carboxylic acids is 1. The normalized spacial score (nSPS) is 17.3. The summed E-state index contributed by atoms with van der Waals surface area (Å²) >= 11 is 6.17. The van der Waals surface area contributed by atoms with Crippen molar-refractivity contribution < 1.29 is 70.2 Å². The van der Waals surface area contributed by atoms with Gasteiger partial charge in [-0.3, -0.25) is 14.7 Å². The van der Waals surface area contributed by atoms with Crippen molar-refractivity contribution in [3.05, 3.63) is 106 Å². The molecule has 0 saturated heterocycles. The van der Waals surface area contributed by atoms with Crippen LogP contribution < -0.4 is 0 Å². The summed E-state index contributed by atoms with van der Waals surface area (Å²) < 4.78 is 0. The molecule has 0 spiro atoms. The molecule has 1 heterocycles. The molecule has 1 amide bonds. The summed E-state index contributed by atoms with van der Waals surface area (Å²) in [4.78, 5) is 19.4. The monoisotopic (exact) mass is 593 g/mol. The summed E-state index contributed by atoms with van der Waals surface area (Å²) in [5.74, 6) is 0.624. The van der Waals surface area contributed by atoms with Gasteiger partial charge in [-0.2, -0.15) is 30.3 Å². The first-order chi connectivity index (χ1) is 14.4. The predicted molar refractivity (Wildman–Crippen MR) is 122 cm³/mol. The number of aryl methyl sites for hydroxylation is 4. The van der Waals surface area contributed by atoms with E-state index < -0.39 is 5.37 Å². The smallest absolute Gasteiger partial charge is 0.275 e. The molecule has 1 aliphatic heterocycles. The fourth-order valence-electron chi connectivity index (χ4n) is 4.08. The van der Waals surface area contributed by atoms with Gasteiger partial charge in [-0.05, 0) is 67.6 Å². The number of hydrogen-bond donors (Lipinski definition) is 0. The Labute approximate surface area is 245 Å². The molecule has 1 aliphatic rings. The fourth-order valence-corrected chi connectivity index (χ4v) is 4.26. The molecule has 158 valence electrons. The number of aliphatic imine (C=N–C) groups is 1. The van der Waals surface area contributed by atoms with Gasteiger partial charge in [0.2, 0.25) is 0 Å². The molecule has 6 heteroatoms. The van der Waals surface area contributed by atoms with Gasteiger partial charge < -0.3 is 0 Å². The third kappa shape index (κ3) is 5.50. The van der Waals surface area contributed by atoms with Gasteiger partial charge in [-0.15, -0.1) is 5.56 Å². The second kappa shape index (κ2) is 11.6. The first-order valence-electron chi connectivity index (χ1n) is 10.0. The van der Waals surface area contributed by atoms with E-state index in [1.54, 1.807) is 4.90 Å². The Hall–Kier alpha value is -0.702. The van der Waals surface area contributed by atoms with Crippen molar-refractivity contribution in [2.45, 2.75) is 39.8 Å². The molecule has 2 atom stereocenters. The molecule has 0 fully saturated rings. The number of hydrogen-bond acceptors (Lipinski definition) is 2. The van der Waals surface area contributed by atoms with E-state index in [1.807, 2.05) is 31.2 Å². The molecule has 2 radical (unpaired) electrons. The number of nitrogens with zero attached hydrogens (tertiary/aromatic N) is 2. The number of amides is 1. The maximum absolute atomic E-state index is 12.7. The Balaban J connectivity index is 0.00000181. The van der Waals surface area contributed by atoms with E-state index in [2.05, 4.69) is 63.2 Å². The van der Waals surface area contributed by atoms with Crippen molar-refractivity contribution in [2.24, 2.45) is 4.99 Å². The SMILES string of the molecule is Cc1ccc([C@@H]2N=C(c3cc(C)c(C)cc3C)N(C(=O)Cl)[C@@H]2c2cc[c-]cc2)cc1.[Y].[Y]. The van der Waals surface area contributed by atoms with Crippen LogP contribution in [0.1, 0.15) is 51.0 Å². The molecule has 0 aromatic heterocycles. The van der Waals surface area contributed by atoms with Crippen LogP contribution in [0.3, 0.4) is 0 Å². The zero-order chi connectivity index (χ0) is 21.4. The van der Waals surface area contributed by atoms with Crippen LogP contribution in [0.15, 0.2) is 65.7 Å². The number of amidine groups is 1. The zero-order valence-corrected chi connectivity index (χ0v) is 25.2. The minimum Gasteiger partial charge on any atom is -0.275 e. The standard InChI is InChI=1S/C26H24ClN2O.2Y/c1-16-10-12-20(13-11-16)23-24(21-8-6-5-7-9-21)29(26(27)30)25(28-23)22-15-18(3)17(2)14-19(22)4;;/h6-15,23-24H,1-4H3;;/q-1;;/t23-,24+;;/m0../s1. The molecule has 0 aliphatic carbocycles. The molecule has 0 N–H and O–H groups in total. The third-order valence-corrected chi connectivity index (χ3v) is 6.02. The molecule has 3 aromatic carbocycles. The molecular formula is C26H24ClN2OY2-. The molecule has 3 aromatic rings. The van der Waals surface area contributed by atoms with E-state index in [-0.39, 0.29) is 77.5 Å². The maximum atomic E-state index is 12.7. The van der Waals surface area contributed by atoms with Crippen LogP contribution in [-0.4, -0.2) is 16.1 Å².